The zero-order valence-corrected chi connectivity index (χ0v) is 23.4. The zero-order valence-electron chi connectivity index (χ0n) is 21.8. The molecule has 0 bridgehead atoms. The van der Waals surface area contributed by atoms with Gasteiger partial charge in [0.15, 0.2) is 5.78 Å². The predicted molar refractivity (Wildman–Crippen MR) is 160 cm³/mol. The fourth-order valence-electron chi connectivity index (χ4n) is 5.69. The summed E-state index contributed by atoms with van der Waals surface area (Å²) in [6, 6.07) is 33.7. The maximum Gasteiger partial charge on any atom is 0.256 e. The van der Waals surface area contributed by atoms with Crippen LogP contribution in [0.1, 0.15) is 43.8 Å². The van der Waals surface area contributed by atoms with Gasteiger partial charge in [0.25, 0.3) is 5.91 Å². The molecule has 4 unspecified atom stereocenters. The Hall–Kier alpha value is -4.29. The molecule has 1 heterocycles. The minimum Gasteiger partial charge on any atom is -0.351 e. The molecule has 4 atom stereocenters. The van der Waals surface area contributed by atoms with Crippen LogP contribution in [0.15, 0.2) is 132 Å². The van der Waals surface area contributed by atoms with Crippen LogP contribution >= 0.6 is 15.9 Å². The first-order valence-electron chi connectivity index (χ1n) is 13.2. The van der Waals surface area contributed by atoms with Crippen LogP contribution in [0, 0.1) is 5.92 Å². The Morgan fingerprint density at radius 2 is 1.32 bits per heavy atom. The number of rotatable bonds is 8. The smallest absolute Gasteiger partial charge is 0.256 e. The second-order valence-corrected chi connectivity index (χ2v) is 10.6. The van der Waals surface area contributed by atoms with Crippen LogP contribution in [0.5, 0.6) is 0 Å². The largest absolute Gasteiger partial charge is 0.351 e. The summed E-state index contributed by atoms with van der Waals surface area (Å²) in [4.78, 5) is 44.6. The summed E-state index contributed by atoms with van der Waals surface area (Å²) in [6.45, 7) is 3.98. The van der Waals surface area contributed by atoms with Crippen molar-refractivity contribution in [3.63, 3.8) is 0 Å². The maximum absolute atomic E-state index is 14.5. The predicted octanol–water partition coefficient (Wildman–Crippen LogP) is 6.60. The number of halogens is 1. The highest BCUT2D eigenvalue weighted by Crippen LogP contribution is 2.52. The molecule has 200 valence electrons. The quantitative estimate of drug-likeness (QED) is 0.185. The molecule has 0 aliphatic carbocycles. The highest BCUT2D eigenvalue weighted by Gasteiger charge is 2.57. The number of hydrogen-bond acceptors (Lipinski definition) is 3. The van der Waals surface area contributed by atoms with Gasteiger partial charge < -0.3 is 10.2 Å². The van der Waals surface area contributed by atoms with E-state index in [9.17, 15) is 14.4 Å². The number of ketones is 1. The van der Waals surface area contributed by atoms with Crippen molar-refractivity contribution in [2.75, 3.05) is 6.54 Å². The van der Waals surface area contributed by atoms with Gasteiger partial charge in [-0.25, -0.2) is 0 Å². The molecule has 1 saturated heterocycles. The van der Waals surface area contributed by atoms with Crippen molar-refractivity contribution in [1.29, 1.82) is 0 Å². The summed E-state index contributed by atoms with van der Waals surface area (Å²) >= 11 is 3.53. The van der Waals surface area contributed by atoms with Gasteiger partial charge in [-0.1, -0.05) is 109 Å². The minimum absolute atomic E-state index is 0.118. The molecular formula is C34H29BrN2O3. The summed E-state index contributed by atoms with van der Waals surface area (Å²) in [7, 11) is 0. The lowest BCUT2D eigenvalue weighted by Gasteiger charge is -2.32. The van der Waals surface area contributed by atoms with Gasteiger partial charge in [-0.05, 0) is 39.2 Å². The van der Waals surface area contributed by atoms with Crippen LogP contribution in [-0.4, -0.2) is 35.1 Å². The summed E-state index contributed by atoms with van der Waals surface area (Å²) < 4.78 is 0.617. The number of amides is 2. The van der Waals surface area contributed by atoms with Gasteiger partial charge in [0, 0.05) is 22.5 Å². The summed E-state index contributed by atoms with van der Waals surface area (Å²) in [6.07, 6.45) is 1.60. The molecule has 0 spiro atoms. The lowest BCUT2D eigenvalue weighted by atomic mass is 9.76. The summed E-state index contributed by atoms with van der Waals surface area (Å²) in [5.74, 6) is -2.11. The molecule has 1 N–H and O–H groups in total. The van der Waals surface area contributed by atoms with Gasteiger partial charge in [0.1, 0.15) is 6.04 Å². The number of benzene rings is 4. The first kappa shape index (κ1) is 27.3. The van der Waals surface area contributed by atoms with Gasteiger partial charge in [0.2, 0.25) is 5.91 Å². The Balaban J connectivity index is 1.78. The molecule has 40 heavy (non-hydrogen) atoms. The van der Waals surface area contributed by atoms with Crippen molar-refractivity contribution in [1.82, 2.24) is 10.2 Å². The Kier molecular flexibility index (Phi) is 8.37. The molecule has 1 aliphatic rings. The van der Waals surface area contributed by atoms with E-state index in [-0.39, 0.29) is 24.1 Å². The van der Waals surface area contributed by atoms with Crippen LogP contribution in [0.3, 0.4) is 0 Å². The Morgan fingerprint density at radius 1 is 0.775 bits per heavy atom. The average Bonchev–Trinajstić information content (AvgIpc) is 3.37. The van der Waals surface area contributed by atoms with Crippen molar-refractivity contribution >= 4 is 33.5 Å². The van der Waals surface area contributed by atoms with E-state index >= 15 is 0 Å². The van der Waals surface area contributed by atoms with Crippen molar-refractivity contribution in [3.8, 4) is 0 Å². The van der Waals surface area contributed by atoms with Crippen LogP contribution in [0.25, 0.3) is 0 Å². The summed E-state index contributed by atoms with van der Waals surface area (Å²) in [5, 5.41) is 2.92. The first-order valence-corrected chi connectivity index (χ1v) is 14.0. The maximum atomic E-state index is 14.5. The lowest BCUT2D eigenvalue weighted by Crippen LogP contribution is -2.48. The standard InChI is InChI=1S/C34H29BrN2O3/c1-2-22-36-33(39)31-28(23-14-6-3-7-15-23)29(32(38)25-18-10-5-11-19-25)30(24-16-8-4-9-17-24)37(31)34(40)26-20-12-13-21-27(26)35/h2-21,28-31H,1,22H2,(H,36,39). The van der Waals surface area contributed by atoms with Crippen molar-refractivity contribution in [2.45, 2.75) is 18.0 Å². The Morgan fingerprint density at radius 3 is 1.93 bits per heavy atom. The summed E-state index contributed by atoms with van der Waals surface area (Å²) in [5.41, 5.74) is 2.57. The van der Waals surface area contributed by atoms with Crippen molar-refractivity contribution < 1.29 is 14.4 Å². The molecule has 5 nitrogen and oxygen atoms in total. The normalized spacial score (nSPS) is 20.1. The molecule has 0 saturated carbocycles. The molecule has 4 aromatic carbocycles. The first-order chi connectivity index (χ1) is 19.5. The molecule has 5 rings (SSSR count). The number of nitrogens with one attached hydrogen (secondary N) is 1. The minimum atomic E-state index is -0.954. The number of Topliss-reactive ketones (excluding diaryl/α,β-unsaturated/α-hetero) is 1. The average molecular weight is 594 g/mol. The van der Waals surface area contributed by atoms with E-state index in [2.05, 4.69) is 27.8 Å². The van der Waals surface area contributed by atoms with Gasteiger partial charge in [-0.2, -0.15) is 0 Å². The van der Waals surface area contributed by atoms with Gasteiger partial charge in [-0.15, -0.1) is 6.58 Å². The van der Waals surface area contributed by atoms with Crippen molar-refractivity contribution in [3.05, 3.63) is 155 Å². The van der Waals surface area contributed by atoms with E-state index in [1.807, 2.05) is 84.9 Å². The Bertz CT molecular complexity index is 1510. The van der Waals surface area contributed by atoms with Crippen LogP contribution in [0.4, 0.5) is 0 Å². The van der Waals surface area contributed by atoms with E-state index < -0.39 is 23.9 Å². The second kappa shape index (κ2) is 12.3. The van der Waals surface area contributed by atoms with Crippen LogP contribution < -0.4 is 5.32 Å². The second-order valence-electron chi connectivity index (χ2n) is 9.72. The van der Waals surface area contributed by atoms with E-state index in [0.29, 0.717) is 15.6 Å². The fraction of sp³-hybridized carbons (Fsp3) is 0.147. The van der Waals surface area contributed by atoms with Gasteiger partial charge >= 0.3 is 0 Å². The monoisotopic (exact) mass is 592 g/mol. The van der Waals surface area contributed by atoms with Gasteiger partial charge in [0.05, 0.1) is 17.5 Å². The van der Waals surface area contributed by atoms with Crippen LogP contribution in [0.2, 0.25) is 0 Å². The number of carbonyl (C=O) groups is 3. The molecular weight excluding hydrogens is 564 g/mol. The van der Waals surface area contributed by atoms with E-state index in [1.54, 1.807) is 41.3 Å². The van der Waals surface area contributed by atoms with E-state index in [4.69, 9.17) is 0 Å². The third-order valence-corrected chi connectivity index (χ3v) is 8.07. The SMILES string of the molecule is C=CCNC(=O)C1C(c2ccccc2)C(C(=O)c2ccccc2)C(c2ccccc2)N1C(=O)c1ccccc1Br. The number of carbonyl (C=O) groups excluding carboxylic acids is 3. The number of hydrogen-bond donors (Lipinski definition) is 1. The molecule has 1 fully saturated rings. The third-order valence-electron chi connectivity index (χ3n) is 7.38. The van der Waals surface area contributed by atoms with Crippen molar-refractivity contribution in [2.24, 2.45) is 5.92 Å². The number of nitrogens with zero attached hydrogens (tertiary/aromatic N) is 1. The molecule has 1 aliphatic heterocycles. The third kappa shape index (κ3) is 5.27. The fourth-order valence-corrected chi connectivity index (χ4v) is 6.14. The van der Waals surface area contributed by atoms with Crippen LogP contribution in [-0.2, 0) is 4.79 Å². The molecule has 6 heteroatoms. The molecule has 0 aromatic heterocycles. The highest BCUT2D eigenvalue weighted by molar-refractivity contribution is 9.10. The lowest BCUT2D eigenvalue weighted by molar-refractivity contribution is -0.125. The van der Waals surface area contributed by atoms with Gasteiger partial charge in [-0.3, -0.25) is 14.4 Å². The Labute approximate surface area is 242 Å². The highest BCUT2D eigenvalue weighted by atomic mass is 79.9. The zero-order chi connectivity index (χ0) is 28.1. The van der Waals surface area contributed by atoms with E-state index in [1.165, 1.54) is 0 Å². The number of likely N-dealkylation sites (tertiary alicyclic amines) is 1. The topological polar surface area (TPSA) is 66.5 Å². The molecule has 4 aromatic rings. The molecule has 0 radical (unpaired) electrons. The van der Waals surface area contributed by atoms with E-state index in [0.717, 1.165) is 11.1 Å². The molecule has 2 amide bonds.